The number of carbonyl (C=O) groups excluding carboxylic acids is 1. The van der Waals surface area contributed by atoms with E-state index in [9.17, 15) is 4.79 Å². The number of fused-ring (bicyclic) bond motifs is 1. The molecule has 4 rings (SSSR count). The molecular weight excluding hydrogens is 340 g/mol. The summed E-state index contributed by atoms with van der Waals surface area (Å²) in [6.45, 7) is 2.02. The van der Waals surface area contributed by atoms with Crippen LogP contribution in [0.15, 0.2) is 71.1 Å². The first-order chi connectivity index (χ1) is 13.1. The zero-order valence-electron chi connectivity index (χ0n) is 15.0. The summed E-state index contributed by atoms with van der Waals surface area (Å²) in [4.78, 5) is 16.9. The second-order valence-corrected chi connectivity index (χ2v) is 6.25. The average Bonchev–Trinajstić information content (AvgIpc) is 3.11. The minimum atomic E-state index is -0.195. The van der Waals surface area contributed by atoms with Crippen molar-refractivity contribution in [3.8, 4) is 17.2 Å². The third kappa shape index (κ3) is 3.53. The van der Waals surface area contributed by atoms with Crippen molar-refractivity contribution >= 4 is 22.7 Å². The Kier molecular flexibility index (Phi) is 4.34. The molecule has 3 aromatic carbocycles. The van der Waals surface area contributed by atoms with Crippen molar-refractivity contribution in [2.75, 3.05) is 12.4 Å². The molecule has 0 aliphatic carbocycles. The van der Waals surface area contributed by atoms with E-state index >= 15 is 0 Å². The van der Waals surface area contributed by atoms with E-state index in [1.54, 1.807) is 31.4 Å². The van der Waals surface area contributed by atoms with E-state index in [1.165, 1.54) is 0 Å². The maximum absolute atomic E-state index is 12.4. The van der Waals surface area contributed by atoms with Crippen molar-refractivity contribution in [1.29, 1.82) is 0 Å². The van der Waals surface area contributed by atoms with Crippen LogP contribution in [-0.2, 0) is 0 Å². The van der Waals surface area contributed by atoms with Crippen molar-refractivity contribution in [2.45, 2.75) is 6.92 Å². The van der Waals surface area contributed by atoms with E-state index < -0.39 is 0 Å². The van der Waals surface area contributed by atoms with Crippen LogP contribution >= 0.6 is 0 Å². The Labute approximate surface area is 156 Å². The highest BCUT2D eigenvalue weighted by molar-refractivity contribution is 6.04. The lowest BCUT2D eigenvalue weighted by molar-refractivity contribution is 0.102. The fourth-order valence-electron chi connectivity index (χ4n) is 2.82. The van der Waals surface area contributed by atoms with E-state index in [4.69, 9.17) is 9.15 Å². The third-order valence-corrected chi connectivity index (χ3v) is 4.26. The van der Waals surface area contributed by atoms with Crippen LogP contribution in [0.1, 0.15) is 15.9 Å². The van der Waals surface area contributed by atoms with Crippen molar-refractivity contribution < 1.29 is 13.9 Å². The highest BCUT2D eigenvalue weighted by Crippen LogP contribution is 2.26. The highest BCUT2D eigenvalue weighted by Gasteiger charge is 2.10. The van der Waals surface area contributed by atoms with Gasteiger partial charge < -0.3 is 14.5 Å². The van der Waals surface area contributed by atoms with Crippen LogP contribution < -0.4 is 10.1 Å². The second-order valence-electron chi connectivity index (χ2n) is 6.25. The number of aryl methyl sites for hydroxylation is 1. The monoisotopic (exact) mass is 358 g/mol. The summed E-state index contributed by atoms with van der Waals surface area (Å²) in [5, 5.41) is 2.88. The number of carbonyl (C=O) groups is 1. The fourth-order valence-corrected chi connectivity index (χ4v) is 2.82. The number of hydrogen-bond donors (Lipinski definition) is 1. The van der Waals surface area contributed by atoms with Crippen LogP contribution in [0.4, 0.5) is 5.69 Å². The predicted molar refractivity (Wildman–Crippen MR) is 105 cm³/mol. The summed E-state index contributed by atoms with van der Waals surface area (Å²) in [6.07, 6.45) is 0. The Morgan fingerprint density at radius 1 is 1.04 bits per heavy atom. The maximum atomic E-state index is 12.4. The van der Waals surface area contributed by atoms with Gasteiger partial charge in [-0.15, -0.1) is 0 Å². The number of ether oxygens (including phenoxy) is 1. The number of anilines is 1. The Morgan fingerprint density at radius 2 is 1.85 bits per heavy atom. The Balaban J connectivity index is 1.53. The van der Waals surface area contributed by atoms with Gasteiger partial charge in [-0.25, -0.2) is 4.98 Å². The van der Waals surface area contributed by atoms with Gasteiger partial charge in [0.2, 0.25) is 5.89 Å². The van der Waals surface area contributed by atoms with Crippen LogP contribution in [0.25, 0.3) is 22.6 Å². The van der Waals surface area contributed by atoms with Gasteiger partial charge in [0.1, 0.15) is 11.3 Å². The largest absolute Gasteiger partial charge is 0.497 e. The molecule has 0 spiro atoms. The highest BCUT2D eigenvalue weighted by atomic mass is 16.5. The van der Waals surface area contributed by atoms with Crippen molar-refractivity contribution in [2.24, 2.45) is 0 Å². The summed E-state index contributed by atoms with van der Waals surface area (Å²) in [7, 11) is 1.57. The van der Waals surface area contributed by atoms with Gasteiger partial charge in [-0.3, -0.25) is 4.79 Å². The molecule has 1 heterocycles. The van der Waals surface area contributed by atoms with Gasteiger partial charge in [0.25, 0.3) is 5.91 Å². The smallest absolute Gasteiger partial charge is 0.255 e. The molecule has 0 saturated carbocycles. The molecule has 0 aliphatic heterocycles. The molecule has 0 unspecified atom stereocenters. The van der Waals surface area contributed by atoms with Crippen LogP contribution in [0.3, 0.4) is 0 Å². The fraction of sp³-hybridized carbons (Fsp3) is 0.0909. The molecular formula is C22H18N2O3. The van der Waals surface area contributed by atoms with E-state index in [0.717, 1.165) is 22.2 Å². The Morgan fingerprint density at radius 3 is 2.63 bits per heavy atom. The number of methoxy groups -OCH3 is 1. The first kappa shape index (κ1) is 16.8. The summed E-state index contributed by atoms with van der Waals surface area (Å²) < 4.78 is 11.0. The molecule has 27 heavy (non-hydrogen) atoms. The number of nitrogens with one attached hydrogen (secondary N) is 1. The molecule has 0 saturated heterocycles. The number of hydrogen-bond acceptors (Lipinski definition) is 4. The minimum absolute atomic E-state index is 0.195. The molecule has 4 aromatic rings. The number of oxazole rings is 1. The molecule has 1 aromatic heterocycles. The SMILES string of the molecule is COc1cccc(C(=O)Nc2ccc(-c3nc4cc(C)ccc4o3)cc2)c1. The van der Waals surface area contributed by atoms with Crippen LogP contribution in [-0.4, -0.2) is 18.0 Å². The predicted octanol–water partition coefficient (Wildman–Crippen LogP) is 5.06. The second kappa shape index (κ2) is 6.96. The van der Waals surface area contributed by atoms with Crippen LogP contribution in [0.5, 0.6) is 5.75 Å². The lowest BCUT2D eigenvalue weighted by atomic mass is 10.1. The molecule has 0 fully saturated rings. The van der Waals surface area contributed by atoms with E-state index in [0.29, 0.717) is 22.9 Å². The first-order valence-corrected chi connectivity index (χ1v) is 8.55. The molecule has 5 heteroatoms. The van der Waals surface area contributed by atoms with Gasteiger partial charge >= 0.3 is 0 Å². The van der Waals surface area contributed by atoms with Crippen molar-refractivity contribution in [3.63, 3.8) is 0 Å². The number of rotatable bonds is 4. The minimum Gasteiger partial charge on any atom is -0.497 e. The van der Waals surface area contributed by atoms with Gasteiger partial charge in [0, 0.05) is 16.8 Å². The van der Waals surface area contributed by atoms with Gasteiger partial charge in [-0.05, 0) is 67.1 Å². The Hall–Kier alpha value is -3.60. The maximum Gasteiger partial charge on any atom is 0.255 e. The van der Waals surface area contributed by atoms with Gasteiger partial charge in [0.05, 0.1) is 7.11 Å². The number of nitrogens with zero attached hydrogens (tertiary/aromatic N) is 1. The lowest BCUT2D eigenvalue weighted by Crippen LogP contribution is -2.11. The molecule has 134 valence electrons. The molecule has 1 N–H and O–H groups in total. The first-order valence-electron chi connectivity index (χ1n) is 8.55. The van der Waals surface area contributed by atoms with Gasteiger partial charge in [0.15, 0.2) is 5.58 Å². The number of amides is 1. The molecule has 0 bridgehead atoms. The topological polar surface area (TPSA) is 64.4 Å². The average molecular weight is 358 g/mol. The summed E-state index contributed by atoms with van der Waals surface area (Å²) in [5.41, 5.74) is 4.80. The van der Waals surface area contributed by atoms with Crippen molar-refractivity contribution in [3.05, 3.63) is 77.9 Å². The standard InChI is InChI=1S/C22H18N2O3/c1-14-6-11-20-19(12-14)24-22(27-20)15-7-9-17(10-8-15)23-21(25)16-4-3-5-18(13-16)26-2/h3-13H,1-2H3,(H,23,25). The van der Waals surface area contributed by atoms with E-state index in [-0.39, 0.29) is 5.91 Å². The van der Waals surface area contributed by atoms with Crippen LogP contribution in [0.2, 0.25) is 0 Å². The Bertz CT molecular complexity index is 1110. The number of benzene rings is 3. The molecule has 1 amide bonds. The quantitative estimate of drug-likeness (QED) is 0.553. The number of aromatic nitrogens is 1. The normalized spacial score (nSPS) is 10.7. The molecule has 0 radical (unpaired) electrons. The van der Waals surface area contributed by atoms with Crippen molar-refractivity contribution in [1.82, 2.24) is 4.98 Å². The zero-order valence-corrected chi connectivity index (χ0v) is 15.0. The summed E-state index contributed by atoms with van der Waals surface area (Å²) >= 11 is 0. The third-order valence-electron chi connectivity index (χ3n) is 4.26. The molecule has 5 nitrogen and oxygen atoms in total. The zero-order chi connectivity index (χ0) is 18.8. The summed E-state index contributed by atoms with van der Waals surface area (Å²) in [6, 6.07) is 20.3. The lowest BCUT2D eigenvalue weighted by Gasteiger charge is -2.07. The van der Waals surface area contributed by atoms with E-state index in [2.05, 4.69) is 10.3 Å². The van der Waals surface area contributed by atoms with Gasteiger partial charge in [-0.1, -0.05) is 12.1 Å². The van der Waals surface area contributed by atoms with Crippen LogP contribution in [0, 0.1) is 6.92 Å². The molecule has 0 aliphatic rings. The van der Waals surface area contributed by atoms with Gasteiger partial charge in [-0.2, -0.15) is 0 Å². The van der Waals surface area contributed by atoms with E-state index in [1.807, 2.05) is 49.4 Å². The molecule has 0 atom stereocenters. The summed E-state index contributed by atoms with van der Waals surface area (Å²) in [5.74, 6) is 1.00.